The minimum atomic E-state index is -0.184. The SMILES string of the molecule is CC.CNC1CCN(CC(C)O)CC1. The summed E-state index contributed by atoms with van der Waals surface area (Å²) in [7, 11) is 2.02. The molecule has 0 radical (unpaired) electrons. The maximum absolute atomic E-state index is 9.17. The third-order valence-electron chi connectivity index (χ3n) is 2.52. The Morgan fingerprint density at radius 2 is 1.86 bits per heavy atom. The molecule has 1 heterocycles. The number of likely N-dealkylation sites (tertiary alicyclic amines) is 1. The van der Waals surface area contributed by atoms with Crippen molar-refractivity contribution in [1.82, 2.24) is 10.2 Å². The van der Waals surface area contributed by atoms with Gasteiger partial charge >= 0.3 is 0 Å². The Balaban J connectivity index is 0.000000791. The van der Waals surface area contributed by atoms with Gasteiger partial charge in [0, 0.05) is 12.6 Å². The highest BCUT2D eigenvalue weighted by Gasteiger charge is 2.17. The zero-order valence-corrected chi connectivity index (χ0v) is 10.1. The lowest BCUT2D eigenvalue weighted by Gasteiger charge is -2.32. The van der Waals surface area contributed by atoms with Crippen LogP contribution in [0.3, 0.4) is 0 Å². The van der Waals surface area contributed by atoms with Gasteiger partial charge in [0.25, 0.3) is 0 Å². The summed E-state index contributed by atoms with van der Waals surface area (Å²) in [5, 5.41) is 12.5. The molecule has 0 aromatic rings. The van der Waals surface area contributed by atoms with Gasteiger partial charge in [0.2, 0.25) is 0 Å². The van der Waals surface area contributed by atoms with Gasteiger partial charge in [-0.1, -0.05) is 13.8 Å². The lowest BCUT2D eigenvalue weighted by Crippen LogP contribution is -2.43. The second-order valence-electron chi connectivity index (χ2n) is 3.71. The molecule has 1 saturated heterocycles. The zero-order valence-electron chi connectivity index (χ0n) is 10.1. The van der Waals surface area contributed by atoms with Crippen molar-refractivity contribution in [1.29, 1.82) is 0 Å². The van der Waals surface area contributed by atoms with E-state index in [2.05, 4.69) is 10.2 Å². The van der Waals surface area contributed by atoms with Crippen LogP contribution in [0.5, 0.6) is 0 Å². The first kappa shape index (κ1) is 13.9. The monoisotopic (exact) mass is 202 g/mol. The molecule has 3 heteroatoms. The molecule has 0 saturated carbocycles. The Kier molecular flexibility index (Phi) is 8.14. The Labute approximate surface area is 88.5 Å². The van der Waals surface area contributed by atoms with Crippen molar-refractivity contribution in [2.75, 3.05) is 26.7 Å². The van der Waals surface area contributed by atoms with Gasteiger partial charge in [-0.2, -0.15) is 0 Å². The first-order valence-corrected chi connectivity index (χ1v) is 5.80. The van der Waals surface area contributed by atoms with Gasteiger partial charge in [0.15, 0.2) is 0 Å². The highest BCUT2D eigenvalue weighted by molar-refractivity contribution is 4.76. The van der Waals surface area contributed by atoms with Crippen LogP contribution in [0.25, 0.3) is 0 Å². The third kappa shape index (κ3) is 5.58. The van der Waals surface area contributed by atoms with Gasteiger partial charge < -0.3 is 15.3 Å². The van der Waals surface area contributed by atoms with Crippen LogP contribution in [0, 0.1) is 0 Å². The lowest BCUT2D eigenvalue weighted by atomic mass is 10.1. The number of β-amino-alcohol motifs (C(OH)–C–C–N with tert-alkyl or cyclic N) is 1. The normalized spacial score (nSPS) is 21.2. The van der Waals surface area contributed by atoms with E-state index in [1.807, 2.05) is 27.8 Å². The minimum Gasteiger partial charge on any atom is -0.392 e. The second-order valence-corrected chi connectivity index (χ2v) is 3.71. The third-order valence-corrected chi connectivity index (χ3v) is 2.52. The zero-order chi connectivity index (χ0) is 11.0. The van der Waals surface area contributed by atoms with Crippen molar-refractivity contribution in [2.24, 2.45) is 0 Å². The molecule has 1 atom stereocenters. The summed E-state index contributed by atoms with van der Waals surface area (Å²) in [5.41, 5.74) is 0. The Bertz CT molecular complexity index is 120. The summed E-state index contributed by atoms with van der Waals surface area (Å²) in [6.07, 6.45) is 2.24. The number of aliphatic hydroxyl groups is 1. The molecule has 1 rings (SSSR count). The van der Waals surface area contributed by atoms with Crippen molar-refractivity contribution < 1.29 is 5.11 Å². The number of aliphatic hydroxyl groups excluding tert-OH is 1. The van der Waals surface area contributed by atoms with Gasteiger partial charge in [0.05, 0.1) is 6.10 Å². The number of hydrogen-bond acceptors (Lipinski definition) is 3. The lowest BCUT2D eigenvalue weighted by molar-refractivity contribution is 0.106. The second kappa shape index (κ2) is 8.21. The molecular weight excluding hydrogens is 176 g/mol. The van der Waals surface area contributed by atoms with Crippen molar-refractivity contribution in [2.45, 2.75) is 45.8 Å². The first-order valence-electron chi connectivity index (χ1n) is 5.80. The molecule has 1 fully saturated rings. The van der Waals surface area contributed by atoms with Gasteiger partial charge in [0.1, 0.15) is 0 Å². The highest BCUT2D eigenvalue weighted by Crippen LogP contribution is 2.09. The molecule has 0 spiro atoms. The van der Waals surface area contributed by atoms with Crippen LogP contribution >= 0.6 is 0 Å². The van der Waals surface area contributed by atoms with Gasteiger partial charge in [-0.05, 0) is 39.9 Å². The van der Waals surface area contributed by atoms with E-state index in [4.69, 9.17) is 0 Å². The summed E-state index contributed by atoms with van der Waals surface area (Å²) < 4.78 is 0. The van der Waals surface area contributed by atoms with Crippen LogP contribution in [-0.4, -0.2) is 48.8 Å². The van der Waals surface area contributed by atoms with Gasteiger partial charge in [-0.25, -0.2) is 0 Å². The molecule has 0 aliphatic carbocycles. The van der Waals surface area contributed by atoms with E-state index < -0.39 is 0 Å². The van der Waals surface area contributed by atoms with E-state index in [0.717, 1.165) is 19.6 Å². The Morgan fingerprint density at radius 1 is 1.36 bits per heavy atom. The van der Waals surface area contributed by atoms with Crippen LogP contribution in [0.4, 0.5) is 0 Å². The van der Waals surface area contributed by atoms with Crippen molar-refractivity contribution in [3.63, 3.8) is 0 Å². The number of piperidine rings is 1. The molecule has 0 aromatic carbocycles. The average molecular weight is 202 g/mol. The molecule has 2 N–H and O–H groups in total. The highest BCUT2D eigenvalue weighted by atomic mass is 16.3. The van der Waals surface area contributed by atoms with E-state index in [0.29, 0.717) is 6.04 Å². The maximum Gasteiger partial charge on any atom is 0.0639 e. The summed E-state index contributed by atoms with van der Waals surface area (Å²) in [6, 6.07) is 0.690. The van der Waals surface area contributed by atoms with Crippen LogP contribution < -0.4 is 5.32 Å². The molecule has 0 bridgehead atoms. The van der Waals surface area contributed by atoms with Crippen LogP contribution in [0.15, 0.2) is 0 Å². The first-order chi connectivity index (χ1) is 6.72. The van der Waals surface area contributed by atoms with Crippen molar-refractivity contribution >= 4 is 0 Å². The van der Waals surface area contributed by atoms with E-state index in [1.54, 1.807) is 0 Å². The summed E-state index contributed by atoms with van der Waals surface area (Å²) in [4.78, 5) is 2.33. The van der Waals surface area contributed by atoms with Crippen LogP contribution in [0.1, 0.15) is 33.6 Å². The average Bonchev–Trinajstić information content (AvgIpc) is 2.21. The molecular formula is C11H26N2O. The van der Waals surface area contributed by atoms with E-state index >= 15 is 0 Å². The quantitative estimate of drug-likeness (QED) is 0.719. The molecule has 3 nitrogen and oxygen atoms in total. The molecule has 0 aromatic heterocycles. The summed E-state index contributed by atoms with van der Waals surface area (Å²) >= 11 is 0. The smallest absolute Gasteiger partial charge is 0.0639 e. The predicted octanol–water partition coefficient (Wildman–Crippen LogP) is 1.08. The molecule has 86 valence electrons. The number of rotatable bonds is 3. The topological polar surface area (TPSA) is 35.5 Å². The molecule has 0 amide bonds. The van der Waals surface area contributed by atoms with Crippen LogP contribution in [0.2, 0.25) is 0 Å². The number of nitrogens with one attached hydrogen (secondary N) is 1. The molecule has 1 unspecified atom stereocenters. The van der Waals surface area contributed by atoms with E-state index in [9.17, 15) is 5.11 Å². The Morgan fingerprint density at radius 3 is 2.21 bits per heavy atom. The fourth-order valence-corrected chi connectivity index (χ4v) is 1.78. The maximum atomic E-state index is 9.17. The summed E-state index contributed by atoms with van der Waals surface area (Å²) in [6.45, 7) is 8.92. The fourth-order valence-electron chi connectivity index (χ4n) is 1.78. The van der Waals surface area contributed by atoms with E-state index in [1.165, 1.54) is 12.8 Å². The van der Waals surface area contributed by atoms with E-state index in [-0.39, 0.29) is 6.10 Å². The number of nitrogens with zero attached hydrogens (tertiary/aromatic N) is 1. The molecule has 14 heavy (non-hydrogen) atoms. The predicted molar refractivity (Wildman–Crippen MR) is 61.6 cm³/mol. The molecule has 1 aliphatic heterocycles. The number of hydrogen-bond donors (Lipinski definition) is 2. The fraction of sp³-hybridized carbons (Fsp3) is 1.00. The Hall–Kier alpha value is -0.120. The molecule has 1 aliphatic rings. The van der Waals surface area contributed by atoms with Crippen molar-refractivity contribution in [3.05, 3.63) is 0 Å². The largest absolute Gasteiger partial charge is 0.392 e. The van der Waals surface area contributed by atoms with Gasteiger partial charge in [-0.15, -0.1) is 0 Å². The van der Waals surface area contributed by atoms with Crippen molar-refractivity contribution in [3.8, 4) is 0 Å². The van der Waals surface area contributed by atoms with Crippen LogP contribution in [-0.2, 0) is 0 Å². The standard InChI is InChI=1S/C9H20N2O.C2H6/c1-8(12)7-11-5-3-9(10-2)4-6-11;1-2/h8-10,12H,3-7H2,1-2H3;1-2H3. The minimum absolute atomic E-state index is 0.184. The van der Waals surface area contributed by atoms with Gasteiger partial charge in [-0.3, -0.25) is 0 Å². The summed E-state index contributed by atoms with van der Waals surface area (Å²) in [5.74, 6) is 0.